The van der Waals surface area contributed by atoms with Crippen LogP contribution in [0.3, 0.4) is 0 Å². The molecule has 13 heteroatoms. The second kappa shape index (κ2) is 33.3. The van der Waals surface area contributed by atoms with Crippen molar-refractivity contribution in [3.05, 3.63) is 0 Å². The Kier molecular flexibility index (Phi) is 31.7. The third-order valence-corrected chi connectivity index (χ3v) is 11.5. The summed E-state index contributed by atoms with van der Waals surface area (Å²) in [6.07, 6.45) is 20.3. The van der Waals surface area contributed by atoms with Gasteiger partial charge >= 0.3 is 13.8 Å². The number of hydrogen-bond acceptors (Lipinski definition) is 11. The first-order valence-corrected chi connectivity index (χ1v) is 23.4. The molecule has 1 saturated carbocycles. The van der Waals surface area contributed by atoms with E-state index in [4.69, 9.17) is 18.5 Å². The highest BCUT2D eigenvalue weighted by Gasteiger charge is 2.51. The summed E-state index contributed by atoms with van der Waals surface area (Å²) in [6.45, 7) is 4.27. The largest absolute Gasteiger partial charge is 0.472 e. The number of carbonyl (C=O) groups excluding carboxylic acids is 1. The first-order valence-electron chi connectivity index (χ1n) is 21.9. The average Bonchev–Trinajstić information content (AvgIpc) is 3.15. The van der Waals surface area contributed by atoms with Gasteiger partial charge in [0.25, 0.3) is 0 Å². The number of aliphatic hydroxyl groups excluding tert-OH is 5. The van der Waals surface area contributed by atoms with Crippen LogP contribution in [0.4, 0.5) is 0 Å². The van der Waals surface area contributed by atoms with E-state index in [0.29, 0.717) is 13.0 Å². The van der Waals surface area contributed by atoms with Crippen LogP contribution < -0.4 is 0 Å². The highest BCUT2D eigenvalue weighted by Crippen LogP contribution is 2.47. The topological polar surface area (TPSA) is 192 Å². The van der Waals surface area contributed by atoms with E-state index in [9.17, 15) is 39.8 Å². The first-order chi connectivity index (χ1) is 26.0. The number of carbonyl (C=O) groups is 1. The van der Waals surface area contributed by atoms with Gasteiger partial charge in [0.05, 0.1) is 13.2 Å². The summed E-state index contributed by atoms with van der Waals surface area (Å²) >= 11 is 0. The van der Waals surface area contributed by atoms with Gasteiger partial charge in [-0.15, -0.1) is 0 Å². The maximum absolute atomic E-state index is 12.8. The second-order valence-corrected chi connectivity index (χ2v) is 17.0. The van der Waals surface area contributed by atoms with Crippen LogP contribution in [0.2, 0.25) is 0 Å². The van der Waals surface area contributed by atoms with Gasteiger partial charge in [0.15, 0.2) is 0 Å². The van der Waals surface area contributed by atoms with Crippen LogP contribution in [0.25, 0.3) is 0 Å². The van der Waals surface area contributed by atoms with Crippen LogP contribution in [0, 0.1) is 0 Å². The standard InChI is InChI=1S/C41H81O12P/c1-3-5-7-9-11-13-15-17-18-19-20-22-24-26-28-30-35(42)52-34(32-50-31-29-27-25-23-21-16-14-12-10-8-6-4-2)33-51-54(48,49)53-41-39(46)37(44)36(43)38(45)40(41)47/h34,36-41,43-47H,3-33H2,1-2H3,(H,48,49)/t34-,36?,37-,38?,39?,40?,41?/m1/s1. The monoisotopic (exact) mass is 797 g/mol. The predicted molar refractivity (Wildman–Crippen MR) is 212 cm³/mol. The lowest BCUT2D eigenvalue weighted by Gasteiger charge is -2.41. The number of hydrogen-bond donors (Lipinski definition) is 6. The van der Waals surface area contributed by atoms with Gasteiger partial charge in [-0.25, -0.2) is 4.57 Å². The van der Waals surface area contributed by atoms with Crippen molar-refractivity contribution in [3.63, 3.8) is 0 Å². The van der Waals surface area contributed by atoms with E-state index in [2.05, 4.69) is 13.8 Å². The molecule has 0 aromatic heterocycles. The lowest BCUT2D eigenvalue weighted by molar-refractivity contribution is -0.220. The minimum atomic E-state index is -5.00. The van der Waals surface area contributed by atoms with E-state index in [1.165, 1.54) is 128 Å². The van der Waals surface area contributed by atoms with Gasteiger partial charge in [-0.05, 0) is 12.8 Å². The third kappa shape index (κ3) is 25.6. The Labute approximate surface area is 327 Å². The Hall–Kier alpha value is -0.660. The van der Waals surface area contributed by atoms with Gasteiger partial charge in [-0.3, -0.25) is 13.8 Å². The van der Waals surface area contributed by atoms with Crippen LogP contribution in [0.15, 0.2) is 0 Å². The number of ether oxygens (including phenoxy) is 2. The summed E-state index contributed by atoms with van der Waals surface area (Å²) in [5, 5.41) is 50.1. The molecule has 1 fully saturated rings. The fourth-order valence-electron chi connectivity index (χ4n) is 6.94. The number of unbranched alkanes of at least 4 members (excludes halogenated alkanes) is 25. The summed E-state index contributed by atoms with van der Waals surface area (Å²) in [7, 11) is -5.00. The quantitative estimate of drug-likeness (QED) is 0.0201. The summed E-state index contributed by atoms with van der Waals surface area (Å²) in [5.41, 5.74) is 0. The van der Waals surface area contributed by atoms with Crippen molar-refractivity contribution < 1.29 is 58.3 Å². The molecular weight excluding hydrogens is 715 g/mol. The Morgan fingerprint density at radius 2 is 0.870 bits per heavy atom. The van der Waals surface area contributed by atoms with Crippen LogP contribution in [0.5, 0.6) is 0 Å². The van der Waals surface area contributed by atoms with Crippen molar-refractivity contribution in [1.29, 1.82) is 0 Å². The Morgan fingerprint density at radius 3 is 1.28 bits per heavy atom. The molecular formula is C41H81O12P. The zero-order valence-electron chi connectivity index (χ0n) is 34.0. The smallest absolute Gasteiger partial charge is 0.457 e. The third-order valence-electron chi connectivity index (χ3n) is 10.5. The highest BCUT2D eigenvalue weighted by atomic mass is 31.2. The second-order valence-electron chi connectivity index (χ2n) is 15.6. The Balaban J connectivity index is 2.41. The summed E-state index contributed by atoms with van der Waals surface area (Å²) in [4.78, 5) is 23.1. The van der Waals surface area contributed by atoms with Gasteiger partial charge in [0, 0.05) is 13.0 Å². The summed E-state index contributed by atoms with van der Waals surface area (Å²) in [6, 6.07) is 0. The molecule has 322 valence electrons. The first kappa shape index (κ1) is 51.4. The van der Waals surface area contributed by atoms with E-state index in [1.807, 2.05) is 0 Å². The molecule has 0 bridgehead atoms. The van der Waals surface area contributed by atoms with Gasteiger partial charge in [0.2, 0.25) is 0 Å². The van der Waals surface area contributed by atoms with Crippen LogP contribution >= 0.6 is 7.82 Å². The van der Waals surface area contributed by atoms with Crippen LogP contribution in [0.1, 0.15) is 194 Å². The normalized spacial score (nSPS) is 23.3. The van der Waals surface area contributed by atoms with Gasteiger partial charge in [-0.1, -0.05) is 174 Å². The minimum absolute atomic E-state index is 0.0685. The molecule has 0 heterocycles. The molecule has 1 aliphatic rings. The summed E-state index contributed by atoms with van der Waals surface area (Å²) in [5.74, 6) is -0.473. The fraction of sp³-hybridized carbons (Fsp3) is 0.976. The molecule has 12 nitrogen and oxygen atoms in total. The molecule has 0 radical (unpaired) electrons. The fourth-order valence-corrected chi connectivity index (χ4v) is 7.92. The molecule has 6 unspecified atom stereocenters. The van der Waals surface area contributed by atoms with Crippen molar-refractivity contribution in [3.8, 4) is 0 Å². The van der Waals surface area contributed by atoms with E-state index in [-0.39, 0.29) is 13.0 Å². The SMILES string of the molecule is CCCCCCCCCCCCCCCCCC(=O)O[C@H](COCCCCCCCCCCCCCC)COP(=O)(O)OC1C(O)C(O)C(O)[C@@H](O)C1O. The molecule has 1 aliphatic carbocycles. The zero-order chi connectivity index (χ0) is 39.9. The molecule has 0 saturated heterocycles. The predicted octanol–water partition coefficient (Wildman–Crippen LogP) is 8.20. The van der Waals surface area contributed by atoms with Crippen molar-refractivity contribution in [1.82, 2.24) is 0 Å². The number of phosphoric ester groups is 1. The van der Waals surface area contributed by atoms with Crippen LogP contribution in [-0.2, 0) is 27.9 Å². The summed E-state index contributed by atoms with van der Waals surface area (Å²) < 4.78 is 34.1. The number of esters is 1. The lowest BCUT2D eigenvalue weighted by Crippen LogP contribution is -2.64. The van der Waals surface area contributed by atoms with E-state index in [1.54, 1.807) is 0 Å². The lowest BCUT2D eigenvalue weighted by atomic mass is 9.85. The molecule has 54 heavy (non-hydrogen) atoms. The zero-order valence-corrected chi connectivity index (χ0v) is 34.9. The Bertz CT molecular complexity index is 911. The number of aliphatic hydroxyl groups is 5. The highest BCUT2D eigenvalue weighted by molar-refractivity contribution is 7.47. The van der Waals surface area contributed by atoms with Gasteiger partial charge in [0.1, 0.15) is 42.7 Å². The molecule has 0 aromatic rings. The van der Waals surface area contributed by atoms with Gasteiger partial charge < -0.3 is 39.9 Å². The molecule has 0 aromatic carbocycles. The Morgan fingerprint density at radius 1 is 0.519 bits per heavy atom. The number of phosphoric acid groups is 1. The maximum Gasteiger partial charge on any atom is 0.472 e. The van der Waals surface area contributed by atoms with Crippen molar-refractivity contribution in [2.45, 2.75) is 236 Å². The van der Waals surface area contributed by atoms with Crippen molar-refractivity contribution in [2.75, 3.05) is 19.8 Å². The minimum Gasteiger partial charge on any atom is -0.457 e. The number of rotatable bonds is 37. The molecule has 0 amide bonds. The maximum atomic E-state index is 12.8. The van der Waals surface area contributed by atoms with Crippen molar-refractivity contribution in [2.24, 2.45) is 0 Å². The average molecular weight is 797 g/mol. The van der Waals surface area contributed by atoms with E-state index >= 15 is 0 Å². The molecule has 0 spiro atoms. The molecule has 0 aliphatic heterocycles. The molecule has 1 rings (SSSR count). The molecule has 6 N–H and O–H groups in total. The molecule has 8 atom stereocenters. The van der Waals surface area contributed by atoms with E-state index < -0.39 is 63.1 Å². The van der Waals surface area contributed by atoms with Crippen molar-refractivity contribution >= 4 is 13.8 Å². The van der Waals surface area contributed by atoms with Crippen LogP contribution in [-0.4, -0.2) is 98.9 Å². The van der Waals surface area contributed by atoms with E-state index in [0.717, 1.165) is 38.5 Å². The van der Waals surface area contributed by atoms with Gasteiger partial charge in [-0.2, -0.15) is 0 Å².